The number of ether oxygens (including phenoxy) is 1. The SMILES string of the molecule is CC[Si]1(OCC2CCCO2)CCCC1. The van der Waals surface area contributed by atoms with E-state index in [1.165, 1.54) is 43.8 Å². The van der Waals surface area contributed by atoms with Gasteiger partial charge in [0.25, 0.3) is 0 Å². The Kier molecular flexibility index (Phi) is 3.63. The summed E-state index contributed by atoms with van der Waals surface area (Å²) in [4.78, 5) is 0. The first kappa shape index (κ1) is 10.6. The Morgan fingerprint density at radius 3 is 2.64 bits per heavy atom. The molecule has 0 radical (unpaired) electrons. The van der Waals surface area contributed by atoms with Gasteiger partial charge in [0.05, 0.1) is 12.7 Å². The van der Waals surface area contributed by atoms with Gasteiger partial charge in [0, 0.05) is 6.61 Å². The standard InChI is InChI=1S/C11H22O2Si/c1-2-14(8-3-4-9-14)13-10-11-6-5-7-12-11/h11H,2-10H2,1H3. The van der Waals surface area contributed by atoms with Crippen LogP contribution in [0.3, 0.4) is 0 Å². The fourth-order valence-electron chi connectivity index (χ4n) is 2.66. The maximum atomic E-state index is 6.24. The van der Waals surface area contributed by atoms with Crippen molar-refractivity contribution in [1.82, 2.24) is 0 Å². The molecule has 0 saturated carbocycles. The molecule has 0 bridgehead atoms. The Bertz CT molecular complexity index is 172. The first-order valence-corrected chi connectivity index (χ1v) is 8.63. The molecule has 0 amide bonds. The molecule has 14 heavy (non-hydrogen) atoms. The largest absolute Gasteiger partial charge is 0.414 e. The van der Waals surface area contributed by atoms with Crippen LogP contribution in [0.2, 0.25) is 18.1 Å². The van der Waals surface area contributed by atoms with E-state index in [2.05, 4.69) is 6.92 Å². The normalized spacial score (nSPS) is 31.1. The Labute approximate surface area is 88.1 Å². The predicted molar refractivity (Wildman–Crippen MR) is 60.0 cm³/mol. The van der Waals surface area contributed by atoms with E-state index >= 15 is 0 Å². The van der Waals surface area contributed by atoms with E-state index in [4.69, 9.17) is 9.16 Å². The summed E-state index contributed by atoms with van der Waals surface area (Å²) >= 11 is 0. The van der Waals surface area contributed by atoms with Crippen molar-refractivity contribution in [3.8, 4) is 0 Å². The first-order chi connectivity index (χ1) is 6.85. The van der Waals surface area contributed by atoms with Crippen molar-refractivity contribution >= 4 is 8.32 Å². The van der Waals surface area contributed by atoms with Gasteiger partial charge in [-0.05, 0) is 31.0 Å². The van der Waals surface area contributed by atoms with Gasteiger partial charge in [0.2, 0.25) is 0 Å². The Balaban J connectivity index is 1.76. The third-order valence-electron chi connectivity index (χ3n) is 3.76. The van der Waals surface area contributed by atoms with Crippen LogP contribution in [0.25, 0.3) is 0 Å². The minimum atomic E-state index is -1.25. The minimum absolute atomic E-state index is 0.423. The van der Waals surface area contributed by atoms with E-state index in [9.17, 15) is 0 Å². The molecule has 0 spiro atoms. The summed E-state index contributed by atoms with van der Waals surface area (Å²) < 4.78 is 11.8. The van der Waals surface area contributed by atoms with Crippen LogP contribution >= 0.6 is 0 Å². The average Bonchev–Trinajstić information content (AvgIpc) is 2.87. The van der Waals surface area contributed by atoms with Crippen LogP contribution in [0.1, 0.15) is 32.6 Å². The molecular weight excluding hydrogens is 192 g/mol. The molecule has 2 fully saturated rings. The summed E-state index contributed by atoms with van der Waals surface area (Å²) in [6.07, 6.45) is 5.69. The van der Waals surface area contributed by atoms with Crippen molar-refractivity contribution in [1.29, 1.82) is 0 Å². The zero-order chi connectivity index (χ0) is 9.86. The van der Waals surface area contributed by atoms with Gasteiger partial charge in [-0.1, -0.05) is 19.8 Å². The smallest absolute Gasteiger partial charge is 0.192 e. The molecule has 2 saturated heterocycles. The van der Waals surface area contributed by atoms with Crippen LogP contribution < -0.4 is 0 Å². The van der Waals surface area contributed by atoms with Gasteiger partial charge in [0.15, 0.2) is 8.32 Å². The highest BCUT2D eigenvalue weighted by atomic mass is 28.4. The zero-order valence-electron chi connectivity index (χ0n) is 9.26. The molecule has 0 aromatic carbocycles. The lowest BCUT2D eigenvalue weighted by molar-refractivity contribution is 0.0643. The first-order valence-electron chi connectivity index (χ1n) is 6.10. The van der Waals surface area contributed by atoms with E-state index in [0.29, 0.717) is 6.10 Å². The maximum absolute atomic E-state index is 6.24. The Hall–Kier alpha value is 0.137. The molecule has 3 heteroatoms. The highest BCUT2D eigenvalue weighted by molar-refractivity contribution is 6.74. The van der Waals surface area contributed by atoms with Crippen LogP contribution in [0.15, 0.2) is 0 Å². The van der Waals surface area contributed by atoms with Crippen molar-refractivity contribution in [2.75, 3.05) is 13.2 Å². The van der Waals surface area contributed by atoms with Crippen molar-refractivity contribution in [3.05, 3.63) is 0 Å². The van der Waals surface area contributed by atoms with Gasteiger partial charge in [0.1, 0.15) is 0 Å². The molecule has 2 aliphatic heterocycles. The minimum Gasteiger partial charge on any atom is -0.414 e. The third-order valence-corrected chi connectivity index (χ3v) is 8.36. The third kappa shape index (κ3) is 2.38. The molecule has 2 nitrogen and oxygen atoms in total. The summed E-state index contributed by atoms with van der Waals surface area (Å²) in [6, 6.07) is 4.10. The van der Waals surface area contributed by atoms with Gasteiger partial charge in [-0.15, -0.1) is 0 Å². The van der Waals surface area contributed by atoms with Gasteiger partial charge in [-0.2, -0.15) is 0 Å². The lowest BCUT2D eigenvalue weighted by Crippen LogP contribution is -2.36. The topological polar surface area (TPSA) is 18.5 Å². The highest BCUT2D eigenvalue weighted by Gasteiger charge is 2.37. The second-order valence-corrected chi connectivity index (χ2v) is 9.05. The molecule has 82 valence electrons. The summed E-state index contributed by atoms with van der Waals surface area (Å²) in [5.74, 6) is 0. The van der Waals surface area contributed by atoms with Crippen LogP contribution in [0.4, 0.5) is 0 Å². The molecule has 0 aromatic rings. The fraction of sp³-hybridized carbons (Fsp3) is 1.00. The molecule has 1 unspecified atom stereocenters. The second-order valence-electron chi connectivity index (χ2n) is 4.69. The molecule has 0 N–H and O–H groups in total. The van der Waals surface area contributed by atoms with Gasteiger partial charge in [-0.3, -0.25) is 0 Å². The fourth-order valence-corrected chi connectivity index (χ4v) is 6.44. The molecule has 0 aliphatic carbocycles. The van der Waals surface area contributed by atoms with E-state index in [-0.39, 0.29) is 0 Å². The Morgan fingerprint density at radius 2 is 2.07 bits per heavy atom. The lowest BCUT2D eigenvalue weighted by Gasteiger charge is -2.26. The predicted octanol–water partition coefficient (Wildman–Crippen LogP) is 2.94. The van der Waals surface area contributed by atoms with Crippen LogP contribution in [0, 0.1) is 0 Å². The van der Waals surface area contributed by atoms with E-state index in [1.807, 2.05) is 0 Å². The van der Waals surface area contributed by atoms with Gasteiger partial charge in [-0.25, -0.2) is 0 Å². The number of hydrogen-bond acceptors (Lipinski definition) is 2. The molecule has 2 aliphatic rings. The number of hydrogen-bond donors (Lipinski definition) is 0. The maximum Gasteiger partial charge on any atom is 0.192 e. The molecule has 2 rings (SSSR count). The average molecular weight is 214 g/mol. The van der Waals surface area contributed by atoms with E-state index in [1.54, 1.807) is 0 Å². The van der Waals surface area contributed by atoms with Crippen LogP contribution in [-0.4, -0.2) is 27.6 Å². The van der Waals surface area contributed by atoms with Gasteiger partial charge >= 0.3 is 0 Å². The van der Waals surface area contributed by atoms with Crippen molar-refractivity contribution in [3.63, 3.8) is 0 Å². The van der Waals surface area contributed by atoms with Gasteiger partial charge < -0.3 is 9.16 Å². The summed E-state index contributed by atoms with van der Waals surface area (Å²) in [7, 11) is -1.25. The summed E-state index contributed by atoms with van der Waals surface area (Å²) in [5, 5.41) is 0. The molecule has 1 atom stereocenters. The van der Waals surface area contributed by atoms with Crippen molar-refractivity contribution in [2.24, 2.45) is 0 Å². The summed E-state index contributed by atoms with van der Waals surface area (Å²) in [6.45, 7) is 4.15. The van der Waals surface area contributed by atoms with Crippen LogP contribution in [-0.2, 0) is 9.16 Å². The second kappa shape index (κ2) is 4.77. The zero-order valence-corrected chi connectivity index (χ0v) is 10.3. The van der Waals surface area contributed by atoms with E-state index < -0.39 is 8.32 Å². The van der Waals surface area contributed by atoms with Crippen molar-refractivity contribution in [2.45, 2.75) is 56.8 Å². The molecule has 0 aromatic heterocycles. The number of rotatable bonds is 4. The molecular formula is C11H22O2Si. The summed E-state index contributed by atoms with van der Waals surface area (Å²) in [5.41, 5.74) is 0. The monoisotopic (exact) mass is 214 g/mol. The molecule has 2 heterocycles. The lowest BCUT2D eigenvalue weighted by atomic mass is 10.2. The Morgan fingerprint density at radius 1 is 1.29 bits per heavy atom. The van der Waals surface area contributed by atoms with E-state index in [0.717, 1.165) is 13.2 Å². The van der Waals surface area contributed by atoms with Crippen LogP contribution in [0.5, 0.6) is 0 Å². The van der Waals surface area contributed by atoms with Crippen molar-refractivity contribution < 1.29 is 9.16 Å². The highest BCUT2D eigenvalue weighted by Crippen LogP contribution is 2.34. The quantitative estimate of drug-likeness (QED) is 0.670.